The number of aliphatic hydroxyl groups is 1. The Labute approximate surface area is 99.0 Å². The van der Waals surface area contributed by atoms with Crippen molar-refractivity contribution in [2.24, 2.45) is 5.92 Å². The molecular formula is C13H15NOS. The first-order chi connectivity index (χ1) is 7.84. The van der Waals surface area contributed by atoms with E-state index in [1.54, 1.807) is 11.3 Å². The number of rotatable bonds is 2. The average molecular weight is 233 g/mol. The van der Waals surface area contributed by atoms with Crippen molar-refractivity contribution in [2.45, 2.75) is 31.8 Å². The molecule has 0 saturated heterocycles. The van der Waals surface area contributed by atoms with E-state index >= 15 is 0 Å². The molecule has 2 nitrogen and oxygen atoms in total. The van der Waals surface area contributed by atoms with Gasteiger partial charge in [0.15, 0.2) is 0 Å². The molecule has 2 aromatic rings. The van der Waals surface area contributed by atoms with Gasteiger partial charge in [-0.2, -0.15) is 0 Å². The minimum atomic E-state index is -0.318. The maximum atomic E-state index is 10.3. The van der Waals surface area contributed by atoms with E-state index < -0.39 is 0 Å². The molecule has 1 fully saturated rings. The van der Waals surface area contributed by atoms with Crippen molar-refractivity contribution in [1.29, 1.82) is 0 Å². The fourth-order valence-electron chi connectivity index (χ4n) is 2.57. The number of aromatic nitrogens is 1. The van der Waals surface area contributed by atoms with Crippen LogP contribution in [0.1, 0.15) is 37.4 Å². The second kappa shape index (κ2) is 4.15. The lowest BCUT2D eigenvalue weighted by Crippen LogP contribution is -2.08. The van der Waals surface area contributed by atoms with E-state index in [4.69, 9.17) is 0 Å². The van der Waals surface area contributed by atoms with Crippen LogP contribution in [-0.4, -0.2) is 10.1 Å². The van der Waals surface area contributed by atoms with E-state index in [0.717, 1.165) is 23.9 Å². The summed E-state index contributed by atoms with van der Waals surface area (Å²) >= 11 is 1.69. The number of thiophene rings is 1. The smallest absolute Gasteiger partial charge is 0.0833 e. The molecule has 1 aliphatic rings. The topological polar surface area (TPSA) is 33.1 Å². The zero-order valence-corrected chi connectivity index (χ0v) is 9.91. The van der Waals surface area contributed by atoms with Crippen LogP contribution in [0.25, 0.3) is 10.2 Å². The van der Waals surface area contributed by atoms with Crippen molar-refractivity contribution in [1.82, 2.24) is 4.98 Å². The Morgan fingerprint density at radius 1 is 1.38 bits per heavy atom. The molecule has 1 saturated carbocycles. The standard InChI is InChI=1S/C13H15NOS/c15-13(9-3-1-2-4-9)10-7-12-11(14-8-10)5-6-16-12/h5-9,13,15H,1-4H2. The second-order valence-corrected chi connectivity index (χ2v) is 5.51. The Kier molecular flexibility index (Phi) is 2.65. The maximum absolute atomic E-state index is 10.3. The van der Waals surface area contributed by atoms with Crippen LogP contribution in [0.4, 0.5) is 0 Å². The molecule has 1 aliphatic carbocycles. The van der Waals surface area contributed by atoms with Crippen LogP contribution in [-0.2, 0) is 0 Å². The van der Waals surface area contributed by atoms with Crippen LogP contribution >= 0.6 is 11.3 Å². The Morgan fingerprint density at radius 2 is 2.19 bits per heavy atom. The summed E-state index contributed by atoms with van der Waals surface area (Å²) in [5.41, 5.74) is 2.02. The quantitative estimate of drug-likeness (QED) is 0.861. The zero-order chi connectivity index (χ0) is 11.0. The highest BCUT2D eigenvalue weighted by Crippen LogP contribution is 2.36. The molecular weight excluding hydrogens is 218 g/mol. The van der Waals surface area contributed by atoms with Crippen LogP contribution in [0, 0.1) is 5.92 Å². The van der Waals surface area contributed by atoms with E-state index in [0.29, 0.717) is 5.92 Å². The minimum Gasteiger partial charge on any atom is -0.388 e. The molecule has 0 aromatic carbocycles. The molecule has 0 radical (unpaired) electrons. The van der Waals surface area contributed by atoms with E-state index in [1.807, 2.05) is 17.6 Å². The summed E-state index contributed by atoms with van der Waals surface area (Å²) in [6, 6.07) is 4.11. The van der Waals surface area contributed by atoms with Crippen molar-refractivity contribution in [3.8, 4) is 0 Å². The van der Waals surface area contributed by atoms with E-state index in [1.165, 1.54) is 17.5 Å². The highest BCUT2D eigenvalue weighted by atomic mass is 32.1. The van der Waals surface area contributed by atoms with Crippen molar-refractivity contribution >= 4 is 21.6 Å². The highest BCUT2D eigenvalue weighted by Gasteiger charge is 2.24. The molecule has 0 amide bonds. The Balaban J connectivity index is 1.91. The van der Waals surface area contributed by atoms with Gasteiger partial charge in [-0.1, -0.05) is 12.8 Å². The summed E-state index contributed by atoms with van der Waals surface area (Å²) in [5, 5.41) is 12.3. The van der Waals surface area contributed by atoms with Crippen LogP contribution in [0.5, 0.6) is 0 Å². The lowest BCUT2D eigenvalue weighted by molar-refractivity contribution is 0.111. The van der Waals surface area contributed by atoms with Gasteiger partial charge in [0.25, 0.3) is 0 Å². The van der Waals surface area contributed by atoms with Crippen LogP contribution in [0.3, 0.4) is 0 Å². The van der Waals surface area contributed by atoms with E-state index in [2.05, 4.69) is 11.1 Å². The third-order valence-electron chi connectivity index (χ3n) is 3.51. The Hall–Kier alpha value is -0.930. The zero-order valence-electron chi connectivity index (χ0n) is 9.10. The maximum Gasteiger partial charge on any atom is 0.0833 e. The first-order valence-electron chi connectivity index (χ1n) is 5.86. The molecule has 16 heavy (non-hydrogen) atoms. The molecule has 0 bridgehead atoms. The van der Waals surface area contributed by atoms with Gasteiger partial charge in [-0.15, -0.1) is 11.3 Å². The summed E-state index contributed by atoms with van der Waals surface area (Å²) in [6.45, 7) is 0. The Morgan fingerprint density at radius 3 is 3.00 bits per heavy atom. The Bertz CT molecular complexity index is 487. The van der Waals surface area contributed by atoms with Crippen molar-refractivity contribution in [3.05, 3.63) is 29.3 Å². The first-order valence-corrected chi connectivity index (χ1v) is 6.74. The highest BCUT2D eigenvalue weighted by molar-refractivity contribution is 7.17. The van der Waals surface area contributed by atoms with Gasteiger partial charge in [-0.05, 0) is 36.3 Å². The fraction of sp³-hybridized carbons (Fsp3) is 0.462. The van der Waals surface area contributed by atoms with E-state index in [-0.39, 0.29) is 6.10 Å². The molecule has 2 aromatic heterocycles. The van der Waals surface area contributed by atoms with Crippen LogP contribution in [0.15, 0.2) is 23.7 Å². The largest absolute Gasteiger partial charge is 0.388 e. The van der Waals surface area contributed by atoms with Gasteiger partial charge in [0.2, 0.25) is 0 Å². The summed E-state index contributed by atoms with van der Waals surface area (Å²) < 4.78 is 1.18. The van der Waals surface area contributed by atoms with Gasteiger partial charge in [0.05, 0.1) is 16.3 Å². The lowest BCUT2D eigenvalue weighted by atomic mass is 9.95. The summed E-state index contributed by atoms with van der Waals surface area (Å²) in [6.07, 6.45) is 6.35. The molecule has 1 N–H and O–H groups in total. The van der Waals surface area contributed by atoms with Crippen LogP contribution in [0.2, 0.25) is 0 Å². The second-order valence-electron chi connectivity index (χ2n) is 4.56. The third kappa shape index (κ3) is 1.74. The predicted molar refractivity (Wildman–Crippen MR) is 66.5 cm³/mol. The molecule has 3 rings (SSSR count). The van der Waals surface area contributed by atoms with Gasteiger partial charge in [0, 0.05) is 11.8 Å². The molecule has 2 heterocycles. The van der Waals surface area contributed by atoms with Gasteiger partial charge in [-0.3, -0.25) is 4.98 Å². The summed E-state index contributed by atoms with van der Waals surface area (Å²) in [5.74, 6) is 0.444. The van der Waals surface area contributed by atoms with E-state index in [9.17, 15) is 5.11 Å². The number of nitrogens with zero attached hydrogens (tertiary/aromatic N) is 1. The van der Waals surface area contributed by atoms with Gasteiger partial charge < -0.3 is 5.11 Å². The summed E-state index contributed by atoms with van der Waals surface area (Å²) in [4.78, 5) is 4.38. The number of fused-ring (bicyclic) bond motifs is 1. The fourth-order valence-corrected chi connectivity index (χ4v) is 3.36. The number of hydrogen-bond donors (Lipinski definition) is 1. The third-order valence-corrected chi connectivity index (χ3v) is 4.36. The molecule has 1 unspecified atom stereocenters. The number of hydrogen-bond acceptors (Lipinski definition) is 3. The average Bonchev–Trinajstić information content (AvgIpc) is 2.98. The van der Waals surface area contributed by atoms with Gasteiger partial charge in [0.1, 0.15) is 0 Å². The SMILES string of the molecule is OC(c1cnc2ccsc2c1)C1CCCC1. The van der Waals surface area contributed by atoms with Crippen molar-refractivity contribution < 1.29 is 5.11 Å². The minimum absolute atomic E-state index is 0.318. The summed E-state index contributed by atoms with van der Waals surface area (Å²) in [7, 11) is 0. The molecule has 3 heteroatoms. The number of aliphatic hydroxyl groups excluding tert-OH is 1. The van der Waals surface area contributed by atoms with Gasteiger partial charge in [-0.25, -0.2) is 0 Å². The van der Waals surface area contributed by atoms with Crippen molar-refractivity contribution in [2.75, 3.05) is 0 Å². The molecule has 0 aliphatic heterocycles. The molecule has 0 spiro atoms. The van der Waals surface area contributed by atoms with Gasteiger partial charge >= 0.3 is 0 Å². The normalized spacial score (nSPS) is 19.3. The first kappa shape index (κ1) is 10.2. The number of pyridine rings is 1. The monoisotopic (exact) mass is 233 g/mol. The molecule has 1 atom stereocenters. The predicted octanol–water partition coefficient (Wildman–Crippen LogP) is 3.52. The lowest BCUT2D eigenvalue weighted by Gasteiger charge is -2.17. The van der Waals surface area contributed by atoms with Crippen LogP contribution < -0.4 is 0 Å². The van der Waals surface area contributed by atoms with Crippen molar-refractivity contribution in [3.63, 3.8) is 0 Å². The molecule has 84 valence electrons.